The van der Waals surface area contributed by atoms with Gasteiger partial charge in [0.2, 0.25) is 0 Å². The van der Waals surface area contributed by atoms with Crippen LogP contribution in [-0.2, 0) is 0 Å². The average molecular weight is 299 g/mol. The van der Waals surface area contributed by atoms with Crippen LogP contribution in [0.25, 0.3) is 10.1 Å². The highest BCUT2D eigenvalue weighted by molar-refractivity contribution is 7.21. The van der Waals surface area contributed by atoms with Crippen LogP contribution in [0.5, 0.6) is 0 Å². The van der Waals surface area contributed by atoms with Crippen LogP contribution in [0, 0.1) is 6.92 Å². The Balaban J connectivity index is 1.88. The van der Waals surface area contributed by atoms with E-state index in [1.54, 1.807) is 12.4 Å². The minimum atomic E-state index is -0.0860. The SMILES string of the molecule is CCC(NC(=O)c1sc2ccccc2c1C)c1ncc[nH]1. The number of hydrogen-bond donors (Lipinski definition) is 2. The number of nitrogens with zero attached hydrogens (tertiary/aromatic N) is 1. The largest absolute Gasteiger partial charge is 0.347 e. The summed E-state index contributed by atoms with van der Waals surface area (Å²) in [5, 5.41) is 4.22. The number of H-pyrrole nitrogens is 1. The van der Waals surface area contributed by atoms with Crippen LogP contribution >= 0.6 is 11.3 Å². The zero-order valence-corrected chi connectivity index (χ0v) is 12.8. The molecule has 3 aromatic rings. The molecule has 0 saturated heterocycles. The molecule has 5 heteroatoms. The summed E-state index contributed by atoms with van der Waals surface area (Å²) < 4.78 is 1.14. The Bertz CT molecular complexity index is 761. The molecule has 3 rings (SSSR count). The molecule has 0 aliphatic carbocycles. The fourth-order valence-corrected chi connectivity index (χ4v) is 3.56. The highest BCUT2D eigenvalue weighted by Gasteiger charge is 2.20. The van der Waals surface area contributed by atoms with E-state index in [0.29, 0.717) is 0 Å². The Morgan fingerprint density at radius 1 is 1.43 bits per heavy atom. The topological polar surface area (TPSA) is 57.8 Å². The van der Waals surface area contributed by atoms with Gasteiger partial charge in [0.1, 0.15) is 5.82 Å². The number of benzene rings is 1. The van der Waals surface area contributed by atoms with Gasteiger partial charge in [-0.3, -0.25) is 4.79 Å². The van der Waals surface area contributed by atoms with E-state index in [9.17, 15) is 4.79 Å². The molecule has 1 amide bonds. The average Bonchev–Trinajstić information content (AvgIpc) is 3.13. The molecule has 21 heavy (non-hydrogen) atoms. The molecular formula is C16H17N3OS. The fraction of sp³-hybridized carbons (Fsp3) is 0.250. The molecule has 2 N–H and O–H groups in total. The molecule has 0 aliphatic heterocycles. The van der Waals surface area contributed by atoms with Crippen LogP contribution < -0.4 is 5.32 Å². The predicted molar refractivity (Wildman–Crippen MR) is 85.6 cm³/mol. The summed E-state index contributed by atoms with van der Waals surface area (Å²) in [5.74, 6) is 0.765. The van der Waals surface area contributed by atoms with Gasteiger partial charge in [-0.15, -0.1) is 11.3 Å². The van der Waals surface area contributed by atoms with Gasteiger partial charge in [-0.2, -0.15) is 0 Å². The van der Waals surface area contributed by atoms with Crippen molar-refractivity contribution in [3.05, 3.63) is 52.9 Å². The number of rotatable bonds is 4. The van der Waals surface area contributed by atoms with Crippen molar-refractivity contribution >= 4 is 27.3 Å². The van der Waals surface area contributed by atoms with Crippen molar-refractivity contribution in [2.45, 2.75) is 26.3 Å². The molecule has 0 aliphatic rings. The van der Waals surface area contributed by atoms with Gasteiger partial charge >= 0.3 is 0 Å². The fourth-order valence-electron chi connectivity index (χ4n) is 2.45. The van der Waals surface area contributed by atoms with Crippen molar-refractivity contribution in [3.63, 3.8) is 0 Å². The van der Waals surface area contributed by atoms with Gasteiger partial charge in [0.15, 0.2) is 0 Å². The second kappa shape index (κ2) is 5.69. The number of hydrogen-bond acceptors (Lipinski definition) is 3. The number of amides is 1. The molecule has 108 valence electrons. The number of aromatic amines is 1. The maximum Gasteiger partial charge on any atom is 0.262 e. The Kier molecular flexibility index (Phi) is 3.75. The lowest BCUT2D eigenvalue weighted by molar-refractivity contribution is 0.0937. The Labute approximate surface area is 127 Å². The maximum atomic E-state index is 12.6. The van der Waals surface area contributed by atoms with Crippen molar-refractivity contribution in [1.82, 2.24) is 15.3 Å². The number of thiophene rings is 1. The summed E-state index contributed by atoms with van der Waals surface area (Å²) in [4.78, 5) is 20.6. The van der Waals surface area contributed by atoms with Gasteiger partial charge < -0.3 is 10.3 Å². The van der Waals surface area contributed by atoms with Gasteiger partial charge in [-0.05, 0) is 30.4 Å². The molecule has 1 aromatic carbocycles. The smallest absolute Gasteiger partial charge is 0.262 e. The summed E-state index contributed by atoms with van der Waals surface area (Å²) in [6.07, 6.45) is 4.27. The number of carbonyl (C=O) groups is 1. The molecule has 2 heterocycles. The molecule has 0 spiro atoms. The van der Waals surface area contributed by atoms with Crippen molar-refractivity contribution in [3.8, 4) is 0 Å². The quantitative estimate of drug-likeness (QED) is 0.769. The van der Waals surface area contributed by atoms with Crippen LogP contribution in [0.1, 0.15) is 40.4 Å². The van der Waals surface area contributed by atoms with Crippen molar-refractivity contribution in [2.75, 3.05) is 0 Å². The van der Waals surface area contributed by atoms with Crippen molar-refractivity contribution < 1.29 is 4.79 Å². The third-order valence-electron chi connectivity index (χ3n) is 3.61. The first-order chi connectivity index (χ1) is 10.2. The van der Waals surface area contributed by atoms with Gasteiger partial charge in [0.05, 0.1) is 10.9 Å². The van der Waals surface area contributed by atoms with Crippen molar-refractivity contribution in [2.24, 2.45) is 0 Å². The zero-order valence-electron chi connectivity index (χ0n) is 12.0. The first-order valence-corrected chi connectivity index (χ1v) is 7.80. The van der Waals surface area contributed by atoms with Crippen LogP contribution in [0.2, 0.25) is 0 Å². The first kappa shape index (κ1) is 13.8. The van der Waals surface area contributed by atoms with E-state index in [-0.39, 0.29) is 11.9 Å². The number of imidazole rings is 1. The molecule has 1 unspecified atom stereocenters. The number of aryl methyl sites for hydroxylation is 1. The minimum Gasteiger partial charge on any atom is -0.347 e. The lowest BCUT2D eigenvalue weighted by Gasteiger charge is -2.14. The monoisotopic (exact) mass is 299 g/mol. The molecule has 0 saturated carbocycles. The van der Waals surface area contributed by atoms with Gasteiger partial charge in [-0.1, -0.05) is 25.1 Å². The van der Waals surface area contributed by atoms with Crippen molar-refractivity contribution in [1.29, 1.82) is 0 Å². The van der Waals surface area contributed by atoms with Crippen LogP contribution in [-0.4, -0.2) is 15.9 Å². The van der Waals surface area contributed by atoms with Gasteiger partial charge in [0, 0.05) is 17.1 Å². The van der Waals surface area contributed by atoms with E-state index in [0.717, 1.165) is 32.8 Å². The number of fused-ring (bicyclic) bond motifs is 1. The molecular weight excluding hydrogens is 282 g/mol. The number of carbonyl (C=O) groups excluding carboxylic acids is 1. The zero-order chi connectivity index (χ0) is 14.8. The summed E-state index contributed by atoms with van der Waals surface area (Å²) >= 11 is 1.54. The molecule has 4 nitrogen and oxygen atoms in total. The molecule has 0 fully saturated rings. The van der Waals surface area contributed by atoms with Gasteiger partial charge in [-0.25, -0.2) is 4.98 Å². The second-order valence-corrected chi connectivity index (χ2v) is 6.01. The second-order valence-electron chi connectivity index (χ2n) is 4.96. The normalized spacial score (nSPS) is 12.5. The number of aromatic nitrogens is 2. The highest BCUT2D eigenvalue weighted by Crippen LogP contribution is 2.30. The molecule has 1 atom stereocenters. The van der Waals surface area contributed by atoms with E-state index < -0.39 is 0 Å². The van der Waals surface area contributed by atoms with E-state index in [2.05, 4.69) is 21.4 Å². The summed E-state index contributed by atoms with van der Waals surface area (Å²) in [7, 11) is 0. The first-order valence-electron chi connectivity index (χ1n) is 6.99. The van der Waals surface area contributed by atoms with E-state index in [1.165, 1.54) is 11.3 Å². The van der Waals surface area contributed by atoms with Crippen LogP contribution in [0.15, 0.2) is 36.7 Å². The third kappa shape index (κ3) is 2.56. The highest BCUT2D eigenvalue weighted by atomic mass is 32.1. The Morgan fingerprint density at radius 2 is 2.24 bits per heavy atom. The van der Waals surface area contributed by atoms with Gasteiger partial charge in [0.25, 0.3) is 5.91 Å². The molecule has 0 bridgehead atoms. The lowest BCUT2D eigenvalue weighted by Crippen LogP contribution is -2.28. The lowest BCUT2D eigenvalue weighted by atomic mass is 10.1. The molecule has 2 aromatic heterocycles. The third-order valence-corrected chi connectivity index (χ3v) is 4.88. The summed E-state index contributed by atoms with van der Waals surface area (Å²) in [6, 6.07) is 8.02. The Morgan fingerprint density at radius 3 is 2.90 bits per heavy atom. The minimum absolute atomic E-state index is 0.0306. The maximum absolute atomic E-state index is 12.6. The number of nitrogens with one attached hydrogen (secondary N) is 2. The van der Waals surface area contributed by atoms with Crippen LogP contribution in [0.3, 0.4) is 0 Å². The summed E-state index contributed by atoms with van der Waals surface area (Å²) in [5.41, 5.74) is 1.04. The van der Waals surface area contributed by atoms with Crippen LogP contribution in [0.4, 0.5) is 0 Å². The predicted octanol–water partition coefficient (Wildman–Crippen LogP) is 3.81. The molecule has 0 radical (unpaired) electrons. The summed E-state index contributed by atoms with van der Waals surface area (Å²) in [6.45, 7) is 4.03. The van der Waals surface area contributed by atoms with E-state index in [1.807, 2.05) is 32.0 Å². The Hall–Kier alpha value is -2.14. The van der Waals surface area contributed by atoms with E-state index >= 15 is 0 Å². The standard InChI is InChI=1S/C16H17N3OS/c1-3-12(15-17-8-9-18-15)19-16(20)14-10(2)11-6-4-5-7-13(11)21-14/h4-9,12H,3H2,1-2H3,(H,17,18)(H,19,20). The van der Waals surface area contributed by atoms with E-state index in [4.69, 9.17) is 0 Å².